The molecular weight excluding hydrogens is 228 g/mol. The van der Waals surface area contributed by atoms with Gasteiger partial charge in [0.15, 0.2) is 5.17 Å². The lowest BCUT2D eigenvalue weighted by atomic mass is 9.74. The van der Waals surface area contributed by atoms with E-state index in [9.17, 15) is 0 Å². The average molecular weight is 256 g/mol. The summed E-state index contributed by atoms with van der Waals surface area (Å²) < 4.78 is 0. The Labute approximate surface area is 111 Å². The maximum atomic E-state index is 4.54. The number of amidine groups is 1. The smallest absolute Gasteiger partial charge is 0.156 e. The third-order valence-electron chi connectivity index (χ3n) is 4.00. The van der Waals surface area contributed by atoms with Crippen LogP contribution in [0.1, 0.15) is 52.9 Å². The molecule has 0 spiro atoms. The fourth-order valence-corrected chi connectivity index (χ4v) is 3.51. The number of nitrogens with zero attached hydrogens (tertiary/aromatic N) is 1. The van der Waals surface area contributed by atoms with Gasteiger partial charge in [-0.15, -0.1) is 0 Å². The van der Waals surface area contributed by atoms with Crippen molar-refractivity contribution in [1.29, 1.82) is 0 Å². The van der Waals surface area contributed by atoms with Gasteiger partial charge >= 0.3 is 0 Å². The van der Waals surface area contributed by atoms with Crippen molar-refractivity contribution in [2.75, 3.05) is 12.8 Å². The molecule has 17 heavy (non-hydrogen) atoms. The fraction of sp³-hybridized carbons (Fsp3) is 0.929. The van der Waals surface area contributed by atoms with Gasteiger partial charge in [-0.3, -0.25) is 4.99 Å². The Hall–Kier alpha value is -0.180. The molecule has 0 bridgehead atoms. The summed E-state index contributed by atoms with van der Waals surface area (Å²) in [5, 5.41) is 4.86. The van der Waals surface area contributed by atoms with Crippen LogP contribution in [0.3, 0.4) is 0 Å². The molecule has 1 saturated carbocycles. The van der Waals surface area contributed by atoms with Crippen LogP contribution < -0.4 is 5.32 Å². The van der Waals surface area contributed by atoms with Crippen LogP contribution in [0.25, 0.3) is 0 Å². The molecule has 0 saturated heterocycles. The van der Waals surface area contributed by atoms with Gasteiger partial charge in [0.2, 0.25) is 0 Å². The molecule has 2 atom stereocenters. The van der Waals surface area contributed by atoms with Crippen molar-refractivity contribution < 1.29 is 0 Å². The highest BCUT2D eigenvalue weighted by molar-refractivity contribution is 8.13. The van der Waals surface area contributed by atoms with Crippen LogP contribution in [-0.4, -0.2) is 24.0 Å². The maximum absolute atomic E-state index is 4.54. The van der Waals surface area contributed by atoms with Crippen LogP contribution in [0.2, 0.25) is 0 Å². The van der Waals surface area contributed by atoms with E-state index >= 15 is 0 Å². The first-order chi connectivity index (χ1) is 8.26. The van der Waals surface area contributed by atoms with E-state index in [0.717, 1.165) is 23.5 Å². The Morgan fingerprint density at radius 1 is 1.18 bits per heavy atom. The Bertz CT molecular complexity index is 228. The van der Waals surface area contributed by atoms with Crippen molar-refractivity contribution in [2.45, 2.75) is 58.9 Å². The SMILES string of the molecule is CCN=C(NC1C(CC)CCCC1CC)SC. The summed E-state index contributed by atoms with van der Waals surface area (Å²) in [5.74, 6) is 1.67. The first-order valence-electron chi connectivity index (χ1n) is 7.11. The summed E-state index contributed by atoms with van der Waals surface area (Å²) in [4.78, 5) is 4.54. The van der Waals surface area contributed by atoms with Crippen LogP contribution in [0.5, 0.6) is 0 Å². The number of rotatable bonds is 4. The second kappa shape index (κ2) is 8.02. The van der Waals surface area contributed by atoms with Crippen molar-refractivity contribution in [3.05, 3.63) is 0 Å². The van der Waals surface area contributed by atoms with Crippen molar-refractivity contribution in [3.8, 4) is 0 Å². The third-order valence-corrected chi connectivity index (χ3v) is 4.63. The number of nitrogens with one attached hydrogen (secondary N) is 1. The number of aliphatic imine (C=N–C) groups is 1. The average Bonchev–Trinajstić information content (AvgIpc) is 2.38. The molecule has 100 valence electrons. The second-order valence-electron chi connectivity index (χ2n) is 4.92. The molecule has 0 aromatic rings. The Morgan fingerprint density at radius 3 is 2.18 bits per heavy atom. The van der Waals surface area contributed by atoms with E-state index in [4.69, 9.17) is 0 Å². The highest BCUT2D eigenvalue weighted by Gasteiger charge is 2.31. The molecule has 0 aromatic carbocycles. The third kappa shape index (κ3) is 4.20. The molecule has 1 N–H and O–H groups in total. The van der Waals surface area contributed by atoms with Crippen LogP contribution in [-0.2, 0) is 0 Å². The molecule has 0 amide bonds. The van der Waals surface area contributed by atoms with Gasteiger partial charge in [-0.2, -0.15) is 0 Å². The summed E-state index contributed by atoms with van der Waals surface area (Å²) in [5.41, 5.74) is 0. The molecule has 0 heterocycles. The topological polar surface area (TPSA) is 24.4 Å². The van der Waals surface area contributed by atoms with Gasteiger partial charge in [0.1, 0.15) is 0 Å². The molecule has 1 aliphatic carbocycles. The maximum Gasteiger partial charge on any atom is 0.156 e. The quantitative estimate of drug-likeness (QED) is 0.609. The van der Waals surface area contributed by atoms with E-state index in [1.54, 1.807) is 11.8 Å². The molecule has 1 aliphatic rings. The highest BCUT2D eigenvalue weighted by atomic mass is 32.2. The van der Waals surface area contributed by atoms with Gasteiger partial charge in [0, 0.05) is 12.6 Å². The van der Waals surface area contributed by atoms with Crippen LogP contribution in [0.4, 0.5) is 0 Å². The van der Waals surface area contributed by atoms with Gasteiger partial charge in [0.25, 0.3) is 0 Å². The van der Waals surface area contributed by atoms with E-state index in [0.29, 0.717) is 6.04 Å². The number of thioether (sulfide) groups is 1. The molecule has 0 radical (unpaired) electrons. The molecule has 2 nitrogen and oxygen atoms in total. The lowest BCUT2D eigenvalue weighted by molar-refractivity contribution is 0.194. The molecule has 3 heteroatoms. The Morgan fingerprint density at radius 2 is 1.76 bits per heavy atom. The van der Waals surface area contributed by atoms with E-state index < -0.39 is 0 Å². The fourth-order valence-electron chi connectivity index (χ4n) is 2.99. The van der Waals surface area contributed by atoms with E-state index in [2.05, 4.69) is 37.3 Å². The normalized spacial score (nSPS) is 30.4. The molecular formula is C14H28N2S. The predicted molar refractivity (Wildman–Crippen MR) is 79.8 cm³/mol. The van der Waals surface area contributed by atoms with Crippen molar-refractivity contribution in [1.82, 2.24) is 5.32 Å². The Balaban J connectivity index is 2.69. The van der Waals surface area contributed by atoms with Gasteiger partial charge < -0.3 is 5.32 Å². The largest absolute Gasteiger partial charge is 0.362 e. The van der Waals surface area contributed by atoms with Gasteiger partial charge in [-0.05, 0) is 37.9 Å². The molecule has 0 aliphatic heterocycles. The predicted octanol–water partition coefficient (Wildman–Crippen LogP) is 3.92. The van der Waals surface area contributed by atoms with Crippen LogP contribution in [0, 0.1) is 11.8 Å². The minimum absolute atomic E-state index is 0.650. The number of hydrogen-bond acceptors (Lipinski definition) is 2. The van der Waals surface area contributed by atoms with Crippen molar-refractivity contribution in [3.63, 3.8) is 0 Å². The monoisotopic (exact) mass is 256 g/mol. The van der Waals surface area contributed by atoms with E-state index in [1.165, 1.54) is 32.1 Å². The molecule has 1 rings (SSSR count). The zero-order chi connectivity index (χ0) is 12.7. The molecule has 0 aromatic heterocycles. The van der Waals surface area contributed by atoms with Crippen LogP contribution in [0.15, 0.2) is 4.99 Å². The first-order valence-corrected chi connectivity index (χ1v) is 8.34. The second-order valence-corrected chi connectivity index (χ2v) is 5.72. The van der Waals surface area contributed by atoms with Gasteiger partial charge in [-0.1, -0.05) is 44.9 Å². The summed E-state index contributed by atoms with van der Waals surface area (Å²) in [7, 11) is 0. The minimum atomic E-state index is 0.650. The van der Waals surface area contributed by atoms with Crippen molar-refractivity contribution >= 4 is 16.9 Å². The van der Waals surface area contributed by atoms with Crippen molar-refractivity contribution in [2.24, 2.45) is 16.8 Å². The lowest BCUT2D eigenvalue weighted by Gasteiger charge is -2.38. The van der Waals surface area contributed by atoms with E-state index in [-0.39, 0.29) is 0 Å². The lowest BCUT2D eigenvalue weighted by Crippen LogP contribution is -2.46. The summed E-state index contributed by atoms with van der Waals surface area (Å²) in [6, 6.07) is 0.650. The zero-order valence-electron chi connectivity index (χ0n) is 11.8. The van der Waals surface area contributed by atoms with E-state index in [1.807, 2.05) is 0 Å². The summed E-state index contributed by atoms with van der Waals surface area (Å²) >= 11 is 1.75. The highest BCUT2D eigenvalue weighted by Crippen LogP contribution is 2.33. The standard InChI is InChI=1S/C14H28N2S/c1-5-11-9-8-10-12(6-2)13(11)16-14(17-4)15-7-3/h11-13H,5-10H2,1-4H3,(H,15,16). The zero-order valence-corrected chi connectivity index (χ0v) is 12.6. The van der Waals surface area contributed by atoms with Crippen LogP contribution >= 0.6 is 11.8 Å². The Kier molecular flexibility index (Phi) is 7.02. The molecule has 1 fully saturated rings. The van der Waals surface area contributed by atoms with Gasteiger partial charge in [-0.25, -0.2) is 0 Å². The van der Waals surface area contributed by atoms with Gasteiger partial charge in [0.05, 0.1) is 0 Å². The molecule has 2 unspecified atom stereocenters. The number of hydrogen-bond donors (Lipinski definition) is 1. The summed E-state index contributed by atoms with van der Waals surface area (Å²) in [6.07, 6.45) is 8.89. The minimum Gasteiger partial charge on any atom is -0.362 e. The first kappa shape index (κ1) is 14.9. The summed E-state index contributed by atoms with van der Waals surface area (Å²) in [6.45, 7) is 7.64.